The van der Waals surface area contributed by atoms with Gasteiger partial charge in [-0.2, -0.15) is 0 Å². The van der Waals surface area contributed by atoms with Gasteiger partial charge in [-0.25, -0.2) is 4.98 Å². The Balaban J connectivity index is 2.11. The zero-order chi connectivity index (χ0) is 11.5. The normalized spacial score (nSPS) is 17.8. The molecule has 1 aromatic rings. The number of rotatable bonds is 2. The number of anilines is 2. The van der Waals surface area contributed by atoms with Crippen molar-refractivity contribution < 1.29 is 0 Å². The van der Waals surface area contributed by atoms with Crippen molar-refractivity contribution in [3.05, 3.63) is 17.8 Å². The number of piperazine rings is 1. The van der Waals surface area contributed by atoms with E-state index in [2.05, 4.69) is 27.8 Å². The van der Waals surface area contributed by atoms with Gasteiger partial charge in [0.1, 0.15) is 5.82 Å². The van der Waals surface area contributed by atoms with Gasteiger partial charge < -0.3 is 15.5 Å². The molecular formula is C12H20N4. The molecule has 0 saturated carbocycles. The number of nitrogens with two attached hydrogens (primary N) is 1. The third-order valence-electron chi connectivity index (χ3n) is 3.37. The van der Waals surface area contributed by atoms with Crippen LogP contribution >= 0.6 is 0 Å². The fourth-order valence-corrected chi connectivity index (χ4v) is 2.19. The highest BCUT2D eigenvalue weighted by Gasteiger charge is 2.17. The SMILES string of the molecule is CCN1CCN(c2ccnc(N)c2C)CC1. The molecule has 2 rings (SSSR count). The zero-order valence-corrected chi connectivity index (χ0v) is 10.1. The number of aromatic nitrogens is 1. The Morgan fingerprint density at radius 2 is 2.00 bits per heavy atom. The first-order valence-corrected chi connectivity index (χ1v) is 5.90. The second-order valence-corrected chi connectivity index (χ2v) is 4.26. The largest absolute Gasteiger partial charge is 0.383 e. The Labute approximate surface area is 97.1 Å². The van der Waals surface area contributed by atoms with Crippen LogP contribution in [0.5, 0.6) is 0 Å². The lowest BCUT2D eigenvalue weighted by molar-refractivity contribution is 0.271. The Hall–Kier alpha value is -1.29. The third-order valence-corrected chi connectivity index (χ3v) is 3.37. The van der Waals surface area contributed by atoms with Crippen LogP contribution in [-0.2, 0) is 0 Å². The molecule has 0 spiro atoms. The first-order chi connectivity index (χ1) is 7.72. The van der Waals surface area contributed by atoms with Gasteiger partial charge in [0.2, 0.25) is 0 Å². The maximum Gasteiger partial charge on any atom is 0.128 e. The second kappa shape index (κ2) is 4.70. The first-order valence-electron chi connectivity index (χ1n) is 5.90. The number of pyridine rings is 1. The van der Waals surface area contributed by atoms with Crippen molar-refractivity contribution in [2.75, 3.05) is 43.4 Å². The summed E-state index contributed by atoms with van der Waals surface area (Å²) in [4.78, 5) is 8.98. The molecule has 1 fully saturated rings. The van der Waals surface area contributed by atoms with Crippen LogP contribution in [0, 0.1) is 6.92 Å². The van der Waals surface area contributed by atoms with Gasteiger partial charge in [-0.15, -0.1) is 0 Å². The molecule has 16 heavy (non-hydrogen) atoms. The second-order valence-electron chi connectivity index (χ2n) is 4.26. The fourth-order valence-electron chi connectivity index (χ4n) is 2.19. The predicted molar refractivity (Wildman–Crippen MR) is 67.7 cm³/mol. The van der Waals surface area contributed by atoms with E-state index in [1.165, 1.54) is 5.69 Å². The standard InChI is InChI=1S/C12H20N4/c1-3-15-6-8-16(9-7-15)11-4-5-14-12(13)10(11)2/h4-5H,3,6-9H2,1-2H3,(H2,13,14). The summed E-state index contributed by atoms with van der Waals surface area (Å²) in [5.74, 6) is 0.649. The highest BCUT2D eigenvalue weighted by Crippen LogP contribution is 2.23. The van der Waals surface area contributed by atoms with E-state index < -0.39 is 0 Å². The van der Waals surface area contributed by atoms with Crippen molar-refractivity contribution >= 4 is 11.5 Å². The summed E-state index contributed by atoms with van der Waals surface area (Å²) in [6.07, 6.45) is 1.80. The summed E-state index contributed by atoms with van der Waals surface area (Å²) in [6.45, 7) is 9.84. The molecule has 0 radical (unpaired) electrons. The highest BCUT2D eigenvalue weighted by atomic mass is 15.3. The van der Waals surface area contributed by atoms with Crippen LogP contribution in [-0.4, -0.2) is 42.6 Å². The third kappa shape index (κ3) is 2.11. The summed E-state index contributed by atoms with van der Waals surface area (Å²) in [5, 5.41) is 0. The van der Waals surface area contributed by atoms with Crippen molar-refractivity contribution in [3.63, 3.8) is 0 Å². The Bertz CT molecular complexity index is 356. The van der Waals surface area contributed by atoms with Gasteiger partial charge in [-0.1, -0.05) is 6.92 Å². The molecule has 0 aromatic carbocycles. The highest BCUT2D eigenvalue weighted by molar-refractivity contribution is 5.60. The minimum Gasteiger partial charge on any atom is -0.383 e. The fraction of sp³-hybridized carbons (Fsp3) is 0.583. The van der Waals surface area contributed by atoms with Gasteiger partial charge in [0, 0.05) is 43.6 Å². The summed E-state index contributed by atoms with van der Waals surface area (Å²) in [7, 11) is 0. The lowest BCUT2D eigenvalue weighted by Gasteiger charge is -2.36. The topological polar surface area (TPSA) is 45.4 Å². The van der Waals surface area contributed by atoms with Crippen LogP contribution in [0.1, 0.15) is 12.5 Å². The average molecular weight is 220 g/mol. The van der Waals surface area contributed by atoms with Crippen LogP contribution in [0.4, 0.5) is 11.5 Å². The molecule has 0 unspecified atom stereocenters. The van der Waals surface area contributed by atoms with Gasteiger partial charge in [-0.3, -0.25) is 0 Å². The van der Waals surface area contributed by atoms with Gasteiger partial charge in [0.15, 0.2) is 0 Å². The Morgan fingerprint density at radius 1 is 1.31 bits per heavy atom. The average Bonchev–Trinajstić information content (AvgIpc) is 2.33. The van der Waals surface area contributed by atoms with E-state index in [0.717, 1.165) is 38.3 Å². The van der Waals surface area contributed by atoms with Crippen molar-refractivity contribution in [2.24, 2.45) is 0 Å². The number of likely N-dealkylation sites (N-methyl/N-ethyl adjacent to an activating group) is 1. The van der Waals surface area contributed by atoms with Crippen molar-refractivity contribution in [2.45, 2.75) is 13.8 Å². The summed E-state index contributed by atoms with van der Waals surface area (Å²) in [5.41, 5.74) is 8.18. The quantitative estimate of drug-likeness (QED) is 0.811. The number of nitrogen functional groups attached to an aromatic ring is 1. The molecule has 4 nitrogen and oxygen atoms in total. The lowest BCUT2D eigenvalue weighted by atomic mass is 10.2. The molecule has 1 aromatic heterocycles. The number of hydrogen-bond acceptors (Lipinski definition) is 4. The molecule has 1 aliphatic heterocycles. The molecule has 0 atom stereocenters. The maximum absolute atomic E-state index is 5.83. The molecule has 0 aliphatic carbocycles. The van der Waals surface area contributed by atoms with Gasteiger partial charge in [0.05, 0.1) is 0 Å². The van der Waals surface area contributed by atoms with Gasteiger partial charge >= 0.3 is 0 Å². The van der Waals surface area contributed by atoms with Crippen LogP contribution in [0.2, 0.25) is 0 Å². The predicted octanol–water partition coefficient (Wildman–Crippen LogP) is 1.11. The molecule has 1 aliphatic rings. The van der Waals surface area contributed by atoms with Gasteiger partial charge in [-0.05, 0) is 19.5 Å². The molecular weight excluding hydrogens is 200 g/mol. The molecule has 0 bridgehead atoms. The monoisotopic (exact) mass is 220 g/mol. The van der Waals surface area contributed by atoms with Crippen LogP contribution in [0.3, 0.4) is 0 Å². The summed E-state index contributed by atoms with van der Waals surface area (Å²) < 4.78 is 0. The van der Waals surface area contributed by atoms with E-state index in [1.54, 1.807) is 6.20 Å². The van der Waals surface area contributed by atoms with Gasteiger partial charge in [0.25, 0.3) is 0 Å². The van der Waals surface area contributed by atoms with E-state index in [1.807, 2.05) is 6.92 Å². The summed E-state index contributed by atoms with van der Waals surface area (Å²) >= 11 is 0. The van der Waals surface area contributed by atoms with E-state index in [-0.39, 0.29) is 0 Å². The minimum atomic E-state index is 0.649. The van der Waals surface area contributed by atoms with Crippen LogP contribution in [0.15, 0.2) is 12.3 Å². The smallest absolute Gasteiger partial charge is 0.128 e. The van der Waals surface area contributed by atoms with Crippen molar-refractivity contribution in [1.29, 1.82) is 0 Å². The van der Waals surface area contributed by atoms with E-state index in [0.29, 0.717) is 5.82 Å². The minimum absolute atomic E-state index is 0.649. The first kappa shape index (κ1) is 11.2. The zero-order valence-electron chi connectivity index (χ0n) is 10.1. The molecule has 2 heterocycles. The molecule has 2 N–H and O–H groups in total. The Kier molecular flexibility index (Phi) is 3.29. The summed E-state index contributed by atoms with van der Waals surface area (Å²) in [6, 6.07) is 2.06. The van der Waals surface area contributed by atoms with Crippen LogP contribution < -0.4 is 10.6 Å². The molecule has 0 amide bonds. The Morgan fingerprint density at radius 3 is 2.62 bits per heavy atom. The number of nitrogens with zero attached hydrogens (tertiary/aromatic N) is 3. The van der Waals surface area contributed by atoms with E-state index in [9.17, 15) is 0 Å². The molecule has 4 heteroatoms. The number of hydrogen-bond donors (Lipinski definition) is 1. The molecule has 1 saturated heterocycles. The van der Waals surface area contributed by atoms with E-state index >= 15 is 0 Å². The van der Waals surface area contributed by atoms with E-state index in [4.69, 9.17) is 5.73 Å². The molecule has 88 valence electrons. The van der Waals surface area contributed by atoms with Crippen molar-refractivity contribution in [3.8, 4) is 0 Å². The maximum atomic E-state index is 5.83. The van der Waals surface area contributed by atoms with Crippen molar-refractivity contribution in [1.82, 2.24) is 9.88 Å². The van der Waals surface area contributed by atoms with Crippen LogP contribution in [0.25, 0.3) is 0 Å². The lowest BCUT2D eigenvalue weighted by Crippen LogP contribution is -2.46.